The van der Waals surface area contributed by atoms with E-state index in [0.29, 0.717) is 24.6 Å². The van der Waals surface area contributed by atoms with Gasteiger partial charge in [-0.05, 0) is 48.7 Å². The first-order valence-electron chi connectivity index (χ1n) is 11.1. The van der Waals surface area contributed by atoms with Crippen LogP contribution in [0.25, 0.3) is 11.0 Å². The third-order valence-electron chi connectivity index (χ3n) is 6.30. The lowest BCUT2D eigenvalue weighted by Crippen LogP contribution is -2.34. The van der Waals surface area contributed by atoms with Crippen LogP contribution in [0.5, 0.6) is 11.5 Å². The molecule has 2 aliphatic rings. The van der Waals surface area contributed by atoms with Crippen molar-refractivity contribution in [3.8, 4) is 11.5 Å². The van der Waals surface area contributed by atoms with Gasteiger partial charge < -0.3 is 18.8 Å². The second-order valence-corrected chi connectivity index (χ2v) is 8.52. The first kappa shape index (κ1) is 22.0. The summed E-state index contributed by atoms with van der Waals surface area (Å²) in [5.41, 5.74) is 1.57. The molecule has 0 bridgehead atoms. The van der Waals surface area contributed by atoms with Crippen molar-refractivity contribution < 1.29 is 27.4 Å². The van der Waals surface area contributed by atoms with E-state index in [2.05, 4.69) is 20.5 Å². The summed E-state index contributed by atoms with van der Waals surface area (Å²) in [6, 6.07) is 10.0. The highest BCUT2D eigenvalue weighted by atomic mass is 19.4. The van der Waals surface area contributed by atoms with Gasteiger partial charge in [-0.1, -0.05) is 6.07 Å². The van der Waals surface area contributed by atoms with Gasteiger partial charge in [-0.15, -0.1) is 0 Å². The van der Waals surface area contributed by atoms with Crippen LogP contribution in [-0.4, -0.2) is 47.9 Å². The Morgan fingerprint density at radius 3 is 2.52 bits per heavy atom. The largest absolute Gasteiger partial charge is 0.486 e. The minimum atomic E-state index is -4.39. The number of imidazole rings is 1. The number of fused-ring (bicyclic) bond motifs is 2. The Balaban J connectivity index is 1.32. The van der Waals surface area contributed by atoms with Gasteiger partial charge in [-0.2, -0.15) is 13.2 Å². The zero-order valence-electron chi connectivity index (χ0n) is 18.4. The van der Waals surface area contributed by atoms with Crippen LogP contribution in [0.15, 0.2) is 36.4 Å². The molecule has 0 unspecified atom stereocenters. The third-order valence-corrected chi connectivity index (χ3v) is 6.30. The van der Waals surface area contributed by atoms with Crippen LogP contribution < -0.4 is 9.47 Å². The van der Waals surface area contributed by atoms with Gasteiger partial charge in [0.25, 0.3) is 0 Å². The average molecular weight is 461 g/mol. The van der Waals surface area contributed by atoms with Crippen LogP contribution in [0.1, 0.15) is 35.8 Å². The fourth-order valence-corrected chi connectivity index (χ4v) is 4.74. The van der Waals surface area contributed by atoms with E-state index in [1.807, 2.05) is 12.1 Å². The number of benzene rings is 2. The van der Waals surface area contributed by atoms with Crippen molar-refractivity contribution >= 4 is 11.0 Å². The zero-order chi connectivity index (χ0) is 23.0. The molecule has 3 heterocycles. The molecule has 176 valence electrons. The molecule has 2 aromatic carbocycles. The van der Waals surface area contributed by atoms with Crippen molar-refractivity contribution in [1.82, 2.24) is 14.5 Å². The fraction of sp³-hybridized carbons (Fsp3) is 0.458. The van der Waals surface area contributed by atoms with Crippen molar-refractivity contribution in [2.45, 2.75) is 38.2 Å². The Morgan fingerprint density at radius 1 is 1.03 bits per heavy atom. The van der Waals surface area contributed by atoms with Crippen molar-refractivity contribution in [3.63, 3.8) is 0 Å². The second-order valence-electron chi connectivity index (χ2n) is 8.52. The summed E-state index contributed by atoms with van der Waals surface area (Å²) in [6.07, 6.45) is -2.62. The summed E-state index contributed by atoms with van der Waals surface area (Å²) in [5, 5.41) is 0. The SMILES string of the molecule is COCc1nc2cc(C(F)(F)F)ccc2n1C1CCN(Cc2ccc3c(c2)OCCO3)CC1. The average Bonchev–Trinajstić information content (AvgIpc) is 3.16. The summed E-state index contributed by atoms with van der Waals surface area (Å²) in [7, 11) is 1.57. The number of nitrogens with zero attached hydrogens (tertiary/aromatic N) is 3. The number of ether oxygens (including phenoxy) is 3. The molecular weight excluding hydrogens is 435 g/mol. The lowest BCUT2D eigenvalue weighted by Gasteiger charge is -2.33. The van der Waals surface area contributed by atoms with E-state index in [1.54, 1.807) is 7.11 Å². The lowest BCUT2D eigenvalue weighted by atomic mass is 10.0. The van der Waals surface area contributed by atoms with Gasteiger partial charge in [-0.25, -0.2) is 4.98 Å². The predicted molar refractivity (Wildman–Crippen MR) is 116 cm³/mol. The Labute approximate surface area is 189 Å². The summed E-state index contributed by atoms with van der Waals surface area (Å²) < 4.78 is 58.1. The van der Waals surface area contributed by atoms with Gasteiger partial charge in [0.05, 0.1) is 16.6 Å². The molecule has 6 nitrogen and oxygen atoms in total. The van der Waals surface area contributed by atoms with E-state index in [4.69, 9.17) is 14.2 Å². The first-order valence-corrected chi connectivity index (χ1v) is 11.1. The van der Waals surface area contributed by atoms with Crippen molar-refractivity contribution in [1.29, 1.82) is 0 Å². The van der Waals surface area contributed by atoms with E-state index in [1.165, 1.54) is 11.6 Å². The van der Waals surface area contributed by atoms with Crippen molar-refractivity contribution in [2.24, 2.45) is 0 Å². The van der Waals surface area contributed by atoms with Crippen LogP contribution in [0.4, 0.5) is 13.2 Å². The molecule has 0 N–H and O–H groups in total. The summed E-state index contributed by atoms with van der Waals surface area (Å²) in [4.78, 5) is 6.87. The molecule has 0 radical (unpaired) electrons. The molecule has 33 heavy (non-hydrogen) atoms. The maximum atomic E-state index is 13.2. The fourth-order valence-electron chi connectivity index (χ4n) is 4.74. The van der Waals surface area contributed by atoms with Gasteiger partial charge in [0, 0.05) is 32.8 Å². The smallest absolute Gasteiger partial charge is 0.416 e. The van der Waals surface area contributed by atoms with E-state index in [-0.39, 0.29) is 12.6 Å². The molecule has 0 amide bonds. The van der Waals surface area contributed by atoms with Gasteiger partial charge in [-0.3, -0.25) is 4.90 Å². The van der Waals surface area contributed by atoms with Crippen molar-refractivity contribution in [2.75, 3.05) is 33.4 Å². The molecule has 3 aromatic rings. The maximum absolute atomic E-state index is 13.2. The number of rotatable bonds is 5. The molecule has 1 fully saturated rings. The molecule has 9 heteroatoms. The highest BCUT2D eigenvalue weighted by Crippen LogP contribution is 2.35. The Morgan fingerprint density at radius 2 is 1.79 bits per heavy atom. The normalized spacial score (nSPS) is 17.6. The lowest BCUT2D eigenvalue weighted by molar-refractivity contribution is -0.137. The molecule has 1 aromatic heterocycles. The Hall–Kier alpha value is -2.78. The highest BCUT2D eigenvalue weighted by Gasteiger charge is 2.32. The second kappa shape index (κ2) is 8.87. The van der Waals surface area contributed by atoms with Gasteiger partial charge in [0.15, 0.2) is 11.5 Å². The van der Waals surface area contributed by atoms with Gasteiger partial charge in [0.2, 0.25) is 0 Å². The highest BCUT2D eigenvalue weighted by molar-refractivity contribution is 5.77. The van der Waals surface area contributed by atoms with E-state index in [0.717, 1.165) is 61.6 Å². The van der Waals surface area contributed by atoms with Crippen LogP contribution in [0.3, 0.4) is 0 Å². The van der Waals surface area contributed by atoms with E-state index < -0.39 is 11.7 Å². The minimum absolute atomic E-state index is 0.161. The van der Waals surface area contributed by atoms with E-state index in [9.17, 15) is 13.2 Å². The Bertz CT molecular complexity index is 1140. The molecule has 5 rings (SSSR count). The summed E-state index contributed by atoms with van der Waals surface area (Å²) in [5.74, 6) is 2.24. The maximum Gasteiger partial charge on any atom is 0.416 e. The molecule has 0 aliphatic carbocycles. The number of alkyl halides is 3. The van der Waals surface area contributed by atoms with Gasteiger partial charge in [0.1, 0.15) is 25.6 Å². The molecule has 2 aliphatic heterocycles. The quantitative estimate of drug-likeness (QED) is 0.546. The van der Waals surface area contributed by atoms with Crippen LogP contribution >= 0.6 is 0 Å². The number of piperidine rings is 1. The summed E-state index contributed by atoms with van der Waals surface area (Å²) >= 11 is 0. The molecule has 0 spiro atoms. The standard InChI is InChI=1S/C24H26F3N3O3/c1-31-15-23-28-19-13-17(24(25,26)27)3-4-20(19)30(23)18-6-8-29(9-7-18)14-16-2-5-21-22(12-16)33-11-10-32-21/h2-5,12-13,18H,6-11,14-15H2,1H3. The Kier molecular flexibility index (Phi) is 5.92. The molecule has 1 saturated heterocycles. The number of halogens is 3. The summed E-state index contributed by atoms with van der Waals surface area (Å²) in [6.45, 7) is 3.97. The van der Waals surface area contributed by atoms with Crippen LogP contribution in [-0.2, 0) is 24.1 Å². The van der Waals surface area contributed by atoms with Crippen molar-refractivity contribution in [3.05, 3.63) is 53.3 Å². The van der Waals surface area contributed by atoms with Crippen LogP contribution in [0.2, 0.25) is 0 Å². The molecular formula is C24H26F3N3O3. The first-order chi connectivity index (χ1) is 15.9. The molecule has 0 atom stereocenters. The topological polar surface area (TPSA) is 48.8 Å². The number of methoxy groups -OCH3 is 1. The number of hydrogen-bond donors (Lipinski definition) is 0. The third kappa shape index (κ3) is 4.52. The monoisotopic (exact) mass is 461 g/mol. The van der Waals surface area contributed by atoms with E-state index >= 15 is 0 Å². The predicted octanol–water partition coefficient (Wildman–Crippen LogP) is 4.81. The van der Waals surface area contributed by atoms with Gasteiger partial charge >= 0.3 is 6.18 Å². The molecule has 0 saturated carbocycles. The minimum Gasteiger partial charge on any atom is -0.486 e. The number of hydrogen-bond acceptors (Lipinski definition) is 5. The number of aromatic nitrogens is 2. The number of likely N-dealkylation sites (tertiary alicyclic amines) is 1. The zero-order valence-corrected chi connectivity index (χ0v) is 18.4. The van der Waals surface area contributed by atoms with Crippen LogP contribution in [0, 0.1) is 0 Å².